The van der Waals surface area contributed by atoms with Crippen molar-refractivity contribution in [2.75, 3.05) is 26.2 Å². The van der Waals surface area contributed by atoms with Crippen molar-refractivity contribution in [3.8, 4) is 0 Å². The number of nitrogens with zero attached hydrogens (tertiary/aromatic N) is 2. The molecule has 2 aromatic rings. The van der Waals surface area contributed by atoms with Gasteiger partial charge in [0.15, 0.2) is 11.6 Å². The predicted molar refractivity (Wildman–Crippen MR) is 109 cm³/mol. The maximum atomic E-state index is 13.8. The second-order valence-electron chi connectivity index (χ2n) is 7.62. The number of hydrogen-bond acceptors (Lipinski definition) is 4. The third kappa shape index (κ3) is 5.44. The Hall–Kier alpha value is -2.43. The Morgan fingerprint density at radius 2 is 1.58 bits per heavy atom. The lowest BCUT2D eigenvalue weighted by Gasteiger charge is -2.34. The zero-order chi connectivity index (χ0) is 22.8. The Morgan fingerprint density at radius 1 is 1.00 bits per heavy atom. The summed E-state index contributed by atoms with van der Waals surface area (Å²) in [5, 5.41) is 0. The van der Waals surface area contributed by atoms with E-state index in [2.05, 4.69) is 0 Å². The summed E-state index contributed by atoms with van der Waals surface area (Å²) < 4.78 is 67.0. The summed E-state index contributed by atoms with van der Waals surface area (Å²) in [5.74, 6) is -3.69. The zero-order valence-electron chi connectivity index (χ0n) is 17.0. The second-order valence-corrected chi connectivity index (χ2v) is 9.56. The van der Waals surface area contributed by atoms with Crippen LogP contribution in [-0.2, 0) is 21.2 Å². The first-order valence-corrected chi connectivity index (χ1v) is 11.3. The van der Waals surface area contributed by atoms with Gasteiger partial charge in [-0.3, -0.25) is 4.79 Å². The molecule has 1 aliphatic heterocycles. The van der Waals surface area contributed by atoms with Gasteiger partial charge in [-0.2, -0.15) is 4.31 Å². The van der Waals surface area contributed by atoms with Crippen LogP contribution < -0.4 is 5.73 Å². The summed E-state index contributed by atoms with van der Waals surface area (Å²) >= 11 is 0. The first-order valence-electron chi connectivity index (χ1n) is 9.81. The predicted octanol–water partition coefficient (Wildman–Crippen LogP) is 2.21. The van der Waals surface area contributed by atoms with E-state index in [9.17, 15) is 26.4 Å². The summed E-state index contributed by atoms with van der Waals surface area (Å²) in [7, 11) is -3.64. The molecule has 6 nitrogen and oxygen atoms in total. The Bertz CT molecular complexity index is 1050. The summed E-state index contributed by atoms with van der Waals surface area (Å²) in [6.45, 7) is 2.57. The van der Waals surface area contributed by atoms with Crippen molar-refractivity contribution in [1.29, 1.82) is 0 Å². The number of aryl methyl sites for hydroxylation is 1. The minimum absolute atomic E-state index is 0.104. The third-order valence-electron chi connectivity index (χ3n) is 5.26. The highest BCUT2D eigenvalue weighted by atomic mass is 32.2. The fourth-order valence-corrected chi connectivity index (χ4v) is 4.89. The van der Waals surface area contributed by atoms with E-state index in [1.807, 2.05) is 6.92 Å². The van der Waals surface area contributed by atoms with E-state index in [1.54, 1.807) is 24.3 Å². The largest absolute Gasteiger partial charge is 0.340 e. The number of amides is 1. The second kappa shape index (κ2) is 9.37. The average molecular weight is 456 g/mol. The molecular weight excluding hydrogens is 431 g/mol. The van der Waals surface area contributed by atoms with Crippen molar-refractivity contribution in [3.05, 3.63) is 65.0 Å². The Morgan fingerprint density at radius 3 is 2.19 bits per heavy atom. The lowest BCUT2D eigenvalue weighted by atomic mass is 10.0. The maximum Gasteiger partial charge on any atom is 0.243 e. The quantitative estimate of drug-likeness (QED) is 0.677. The molecule has 0 aliphatic carbocycles. The number of rotatable bonds is 6. The minimum atomic E-state index is -3.64. The van der Waals surface area contributed by atoms with Gasteiger partial charge in [-0.05, 0) is 37.1 Å². The molecule has 1 atom stereocenters. The molecule has 10 heteroatoms. The van der Waals surface area contributed by atoms with Crippen LogP contribution in [0.25, 0.3) is 0 Å². The Balaban J connectivity index is 1.55. The third-order valence-corrected chi connectivity index (χ3v) is 7.17. The Labute approximate surface area is 179 Å². The number of carbonyl (C=O) groups is 1. The van der Waals surface area contributed by atoms with E-state index in [1.165, 1.54) is 9.21 Å². The van der Waals surface area contributed by atoms with Gasteiger partial charge in [0.2, 0.25) is 15.9 Å². The van der Waals surface area contributed by atoms with E-state index in [0.29, 0.717) is 6.07 Å². The summed E-state index contributed by atoms with van der Waals surface area (Å²) in [4.78, 5) is 14.2. The highest BCUT2D eigenvalue weighted by Crippen LogP contribution is 2.19. The molecule has 1 heterocycles. The first-order chi connectivity index (χ1) is 14.6. The molecule has 0 saturated carbocycles. The van der Waals surface area contributed by atoms with Gasteiger partial charge >= 0.3 is 0 Å². The van der Waals surface area contributed by atoms with Crippen LogP contribution in [0.3, 0.4) is 0 Å². The number of piperazine rings is 1. The van der Waals surface area contributed by atoms with Crippen molar-refractivity contribution in [3.63, 3.8) is 0 Å². The molecule has 0 spiro atoms. The normalized spacial score (nSPS) is 16.4. The zero-order valence-corrected chi connectivity index (χ0v) is 17.8. The number of halogens is 3. The molecule has 0 bridgehead atoms. The lowest BCUT2D eigenvalue weighted by Crippen LogP contribution is -2.51. The molecule has 31 heavy (non-hydrogen) atoms. The molecular formula is C21H24F3N3O3S. The van der Waals surface area contributed by atoms with Gasteiger partial charge in [0.25, 0.3) is 0 Å². The monoisotopic (exact) mass is 455 g/mol. The SMILES string of the molecule is Cc1ccc(S(=O)(=O)N2CCN(C(=O)C[C@H](N)Cc3cc(F)c(F)cc3F)CC2)cc1. The topological polar surface area (TPSA) is 83.7 Å². The van der Waals surface area contributed by atoms with Crippen molar-refractivity contribution in [1.82, 2.24) is 9.21 Å². The van der Waals surface area contributed by atoms with E-state index in [4.69, 9.17) is 5.73 Å². The number of carbonyl (C=O) groups excluding carboxylic acids is 1. The van der Waals surface area contributed by atoms with Gasteiger partial charge in [0.1, 0.15) is 5.82 Å². The van der Waals surface area contributed by atoms with Crippen molar-refractivity contribution in [2.24, 2.45) is 5.73 Å². The van der Waals surface area contributed by atoms with Gasteiger partial charge in [-0.15, -0.1) is 0 Å². The standard InChI is InChI=1S/C21H24F3N3O3S/c1-14-2-4-17(5-3-14)31(29,30)27-8-6-26(7-9-27)21(28)12-16(25)10-15-11-19(23)20(24)13-18(15)22/h2-5,11,13,16H,6-10,12,25H2,1H3/t16-/m1/s1. The molecule has 0 aromatic heterocycles. The minimum Gasteiger partial charge on any atom is -0.340 e. The van der Waals surface area contributed by atoms with E-state index >= 15 is 0 Å². The van der Waals surface area contributed by atoms with Gasteiger partial charge in [0, 0.05) is 44.7 Å². The lowest BCUT2D eigenvalue weighted by molar-refractivity contribution is -0.132. The number of sulfonamides is 1. The smallest absolute Gasteiger partial charge is 0.243 e. The number of benzene rings is 2. The fraction of sp³-hybridized carbons (Fsp3) is 0.381. The average Bonchev–Trinajstić information content (AvgIpc) is 2.72. The van der Waals surface area contributed by atoms with Crippen LogP contribution in [0.1, 0.15) is 17.5 Å². The summed E-state index contributed by atoms with van der Waals surface area (Å²) in [5.41, 5.74) is 6.77. The molecule has 1 aliphatic rings. The first kappa shape index (κ1) is 23.2. The van der Waals surface area contributed by atoms with Crippen molar-refractivity contribution < 1.29 is 26.4 Å². The van der Waals surface area contributed by atoms with E-state index < -0.39 is 33.5 Å². The van der Waals surface area contributed by atoms with E-state index in [0.717, 1.165) is 11.6 Å². The van der Waals surface area contributed by atoms with Crippen molar-refractivity contribution in [2.45, 2.75) is 30.7 Å². The molecule has 1 fully saturated rings. The van der Waals surface area contributed by atoms with Crippen molar-refractivity contribution >= 4 is 15.9 Å². The molecule has 2 N–H and O–H groups in total. The van der Waals surface area contributed by atoms with Gasteiger partial charge in [-0.1, -0.05) is 17.7 Å². The molecule has 2 aromatic carbocycles. The molecule has 0 unspecified atom stereocenters. The van der Waals surface area contributed by atoms with Crippen LogP contribution in [-0.4, -0.2) is 55.8 Å². The highest BCUT2D eigenvalue weighted by Gasteiger charge is 2.30. The van der Waals surface area contributed by atoms with Gasteiger partial charge in [0.05, 0.1) is 4.90 Å². The molecule has 0 radical (unpaired) electrons. The van der Waals surface area contributed by atoms with Crippen LogP contribution in [0, 0.1) is 24.4 Å². The number of nitrogens with two attached hydrogens (primary N) is 1. The maximum absolute atomic E-state index is 13.8. The fourth-order valence-electron chi connectivity index (χ4n) is 3.47. The summed E-state index contributed by atoms with van der Waals surface area (Å²) in [6, 6.07) is 6.96. The van der Waals surface area contributed by atoms with Crippen LogP contribution in [0.5, 0.6) is 0 Å². The highest BCUT2D eigenvalue weighted by molar-refractivity contribution is 7.89. The van der Waals surface area contributed by atoms with Crippen LogP contribution in [0.2, 0.25) is 0 Å². The molecule has 3 rings (SSSR count). The molecule has 1 amide bonds. The number of hydrogen-bond donors (Lipinski definition) is 1. The summed E-state index contributed by atoms with van der Waals surface area (Å²) in [6.07, 6.45) is -0.250. The van der Waals surface area contributed by atoms with Crippen LogP contribution >= 0.6 is 0 Å². The van der Waals surface area contributed by atoms with Crippen LogP contribution in [0.15, 0.2) is 41.3 Å². The van der Waals surface area contributed by atoms with Gasteiger partial charge in [-0.25, -0.2) is 21.6 Å². The molecule has 168 valence electrons. The van der Waals surface area contributed by atoms with Crippen LogP contribution in [0.4, 0.5) is 13.2 Å². The Kier molecular flexibility index (Phi) is 7.03. The van der Waals surface area contributed by atoms with Gasteiger partial charge < -0.3 is 10.6 Å². The molecule has 1 saturated heterocycles. The van der Waals surface area contributed by atoms with E-state index in [-0.39, 0.29) is 55.4 Å².